The smallest absolute Gasteiger partial charge is 0.348 e. The molecule has 0 aliphatic carbocycles. The molecular weight excluding hydrogens is 384 g/mol. The SMILES string of the molecule is COC(=O)c1ccc(S(=O)(=O)N(CCN)CCc2ccccc2)s1.Cl. The first-order valence-electron chi connectivity index (χ1n) is 7.41. The summed E-state index contributed by atoms with van der Waals surface area (Å²) in [6.45, 7) is 0.777. The Hall–Kier alpha value is -1.45. The predicted molar refractivity (Wildman–Crippen MR) is 101 cm³/mol. The van der Waals surface area contributed by atoms with E-state index in [0.29, 0.717) is 13.0 Å². The van der Waals surface area contributed by atoms with Crippen molar-refractivity contribution in [3.8, 4) is 0 Å². The fourth-order valence-corrected chi connectivity index (χ4v) is 5.03. The van der Waals surface area contributed by atoms with Gasteiger partial charge in [0.25, 0.3) is 10.0 Å². The van der Waals surface area contributed by atoms with E-state index in [0.717, 1.165) is 16.9 Å². The van der Waals surface area contributed by atoms with Gasteiger partial charge in [0.05, 0.1) is 7.11 Å². The zero-order valence-electron chi connectivity index (χ0n) is 13.8. The molecule has 2 rings (SSSR count). The second-order valence-corrected chi connectivity index (χ2v) is 8.29. The van der Waals surface area contributed by atoms with Gasteiger partial charge in [-0.15, -0.1) is 23.7 Å². The van der Waals surface area contributed by atoms with Crippen molar-refractivity contribution in [3.05, 3.63) is 52.9 Å². The summed E-state index contributed by atoms with van der Waals surface area (Å²) >= 11 is 0.903. The van der Waals surface area contributed by atoms with E-state index in [1.54, 1.807) is 0 Å². The van der Waals surface area contributed by atoms with Crippen molar-refractivity contribution in [2.75, 3.05) is 26.7 Å². The van der Waals surface area contributed by atoms with Gasteiger partial charge in [-0.3, -0.25) is 0 Å². The van der Waals surface area contributed by atoms with E-state index in [1.807, 2.05) is 30.3 Å². The minimum atomic E-state index is -3.69. The molecule has 0 bridgehead atoms. The van der Waals surface area contributed by atoms with Crippen molar-refractivity contribution in [2.24, 2.45) is 5.73 Å². The van der Waals surface area contributed by atoms with Gasteiger partial charge < -0.3 is 10.5 Å². The average Bonchev–Trinajstić information content (AvgIpc) is 3.09. The summed E-state index contributed by atoms with van der Waals surface area (Å²) in [6, 6.07) is 12.5. The van der Waals surface area contributed by atoms with E-state index in [4.69, 9.17) is 5.73 Å². The van der Waals surface area contributed by atoms with Crippen molar-refractivity contribution in [1.29, 1.82) is 0 Å². The first-order valence-corrected chi connectivity index (χ1v) is 9.67. The van der Waals surface area contributed by atoms with Crippen LogP contribution in [-0.4, -0.2) is 45.4 Å². The number of methoxy groups -OCH3 is 1. The predicted octanol–water partition coefficient (Wildman–Crippen LogP) is 2.15. The fourth-order valence-electron chi connectivity index (χ4n) is 2.19. The van der Waals surface area contributed by atoms with E-state index in [-0.39, 0.29) is 34.6 Å². The highest BCUT2D eigenvalue weighted by Gasteiger charge is 2.26. The van der Waals surface area contributed by atoms with E-state index in [9.17, 15) is 13.2 Å². The highest BCUT2D eigenvalue weighted by Crippen LogP contribution is 2.25. The summed E-state index contributed by atoms with van der Waals surface area (Å²) in [6.07, 6.45) is 0.593. The third-order valence-electron chi connectivity index (χ3n) is 3.43. The lowest BCUT2D eigenvalue weighted by Crippen LogP contribution is -2.36. The molecule has 1 aromatic heterocycles. The van der Waals surface area contributed by atoms with Crippen LogP contribution in [0.4, 0.5) is 0 Å². The summed E-state index contributed by atoms with van der Waals surface area (Å²) in [5, 5.41) is 0. The van der Waals surface area contributed by atoms with Crippen LogP contribution in [0.5, 0.6) is 0 Å². The highest BCUT2D eigenvalue weighted by molar-refractivity contribution is 7.91. The number of hydrogen-bond donors (Lipinski definition) is 1. The van der Waals surface area contributed by atoms with Gasteiger partial charge in [-0.05, 0) is 24.1 Å². The molecule has 0 atom stereocenters. The molecule has 0 unspecified atom stereocenters. The Bertz CT molecular complexity index is 778. The molecule has 6 nitrogen and oxygen atoms in total. The van der Waals surface area contributed by atoms with Gasteiger partial charge in [0.2, 0.25) is 0 Å². The van der Waals surface area contributed by atoms with Gasteiger partial charge in [-0.2, -0.15) is 4.31 Å². The molecule has 0 saturated carbocycles. The Kier molecular flexibility index (Phi) is 8.54. The molecule has 0 aliphatic heterocycles. The molecule has 1 aromatic carbocycles. The maximum absolute atomic E-state index is 12.8. The third kappa shape index (κ3) is 5.52. The molecule has 0 fully saturated rings. The molecule has 0 saturated heterocycles. The Morgan fingerprint density at radius 1 is 1.16 bits per heavy atom. The second kappa shape index (κ2) is 9.88. The van der Waals surface area contributed by atoms with Crippen LogP contribution < -0.4 is 5.73 Å². The van der Waals surface area contributed by atoms with Crippen LogP contribution in [0.3, 0.4) is 0 Å². The molecule has 0 aliphatic rings. The first-order chi connectivity index (χ1) is 11.5. The highest BCUT2D eigenvalue weighted by atomic mass is 35.5. The van der Waals surface area contributed by atoms with Crippen LogP contribution in [0.25, 0.3) is 0 Å². The van der Waals surface area contributed by atoms with Crippen LogP contribution in [0.2, 0.25) is 0 Å². The van der Waals surface area contributed by atoms with Gasteiger partial charge in [0.15, 0.2) is 0 Å². The second-order valence-electron chi connectivity index (χ2n) is 5.04. The number of rotatable bonds is 8. The number of nitrogens with two attached hydrogens (primary N) is 1. The molecule has 2 N–H and O–H groups in total. The quantitative estimate of drug-likeness (QED) is 0.681. The summed E-state index contributed by atoms with van der Waals surface area (Å²) in [5.74, 6) is -0.545. The van der Waals surface area contributed by atoms with E-state index in [1.165, 1.54) is 23.5 Å². The Balaban J connectivity index is 0.00000312. The molecule has 9 heteroatoms. The van der Waals surface area contributed by atoms with Crippen LogP contribution in [0.15, 0.2) is 46.7 Å². The number of esters is 1. The minimum Gasteiger partial charge on any atom is -0.465 e. The van der Waals surface area contributed by atoms with Gasteiger partial charge in [-0.25, -0.2) is 13.2 Å². The molecular formula is C16H21ClN2O4S2. The van der Waals surface area contributed by atoms with Crippen molar-refractivity contribution in [2.45, 2.75) is 10.6 Å². The largest absolute Gasteiger partial charge is 0.465 e. The minimum absolute atomic E-state index is 0. The lowest BCUT2D eigenvalue weighted by atomic mass is 10.1. The fraction of sp³-hybridized carbons (Fsp3) is 0.312. The molecule has 25 heavy (non-hydrogen) atoms. The van der Waals surface area contributed by atoms with E-state index >= 15 is 0 Å². The zero-order valence-corrected chi connectivity index (χ0v) is 16.2. The Morgan fingerprint density at radius 3 is 2.44 bits per heavy atom. The number of benzene rings is 1. The molecule has 0 radical (unpaired) electrons. The molecule has 0 amide bonds. The Labute approximate surface area is 158 Å². The normalized spacial score (nSPS) is 11.2. The third-order valence-corrected chi connectivity index (χ3v) is 6.86. The lowest BCUT2D eigenvalue weighted by Gasteiger charge is -2.20. The standard InChI is InChI=1S/C16H20N2O4S2.ClH/c1-22-16(19)14-7-8-15(23-14)24(20,21)18(12-10-17)11-9-13-5-3-2-4-6-13;/h2-8H,9-12,17H2,1H3;1H. The van der Waals surface area contributed by atoms with Gasteiger partial charge in [0, 0.05) is 19.6 Å². The van der Waals surface area contributed by atoms with Crippen molar-refractivity contribution >= 4 is 39.7 Å². The van der Waals surface area contributed by atoms with Crippen LogP contribution in [0, 0.1) is 0 Å². The maximum Gasteiger partial charge on any atom is 0.348 e. The number of thiophene rings is 1. The number of sulfonamides is 1. The van der Waals surface area contributed by atoms with E-state index in [2.05, 4.69) is 4.74 Å². The van der Waals surface area contributed by atoms with Crippen LogP contribution in [-0.2, 0) is 21.2 Å². The molecule has 138 valence electrons. The van der Waals surface area contributed by atoms with Crippen LogP contribution in [0.1, 0.15) is 15.2 Å². The van der Waals surface area contributed by atoms with Crippen molar-refractivity contribution < 1.29 is 17.9 Å². The van der Waals surface area contributed by atoms with Gasteiger partial charge in [-0.1, -0.05) is 30.3 Å². The summed E-state index contributed by atoms with van der Waals surface area (Å²) < 4.78 is 31.7. The number of carbonyl (C=O) groups is 1. The van der Waals surface area contributed by atoms with Crippen molar-refractivity contribution in [3.63, 3.8) is 0 Å². The van der Waals surface area contributed by atoms with Gasteiger partial charge >= 0.3 is 5.97 Å². The van der Waals surface area contributed by atoms with Crippen LogP contribution >= 0.6 is 23.7 Å². The first kappa shape index (κ1) is 21.6. The average molecular weight is 405 g/mol. The summed E-state index contributed by atoms with van der Waals surface area (Å²) in [5.41, 5.74) is 6.62. The molecule has 2 aromatic rings. The number of ether oxygens (including phenoxy) is 1. The lowest BCUT2D eigenvalue weighted by molar-refractivity contribution is 0.0606. The number of nitrogens with zero attached hydrogens (tertiary/aromatic N) is 1. The number of carbonyl (C=O) groups excluding carboxylic acids is 1. The topological polar surface area (TPSA) is 89.7 Å². The summed E-state index contributed by atoms with van der Waals surface area (Å²) in [7, 11) is -2.43. The molecule has 1 heterocycles. The number of hydrogen-bond acceptors (Lipinski definition) is 6. The molecule has 0 spiro atoms. The monoisotopic (exact) mass is 404 g/mol. The Morgan fingerprint density at radius 2 is 1.84 bits per heavy atom. The van der Waals surface area contributed by atoms with Crippen molar-refractivity contribution in [1.82, 2.24) is 4.31 Å². The van der Waals surface area contributed by atoms with Gasteiger partial charge in [0.1, 0.15) is 9.09 Å². The zero-order chi connectivity index (χ0) is 17.6. The maximum atomic E-state index is 12.8. The van der Waals surface area contributed by atoms with E-state index < -0.39 is 16.0 Å². The number of halogens is 1. The summed E-state index contributed by atoms with van der Waals surface area (Å²) in [4.78, 5) is 11.8.